The Labute approximate surface area is 157 Å². The first-order valence-corrected chi connectivity index (χ1v) is 9.47. The molecule has 1 aliphatic rings. The molecule has 0 saturated carbocycles. The summed E-state index contributed by atoms with van der Waals surface area (Å²) in [6, 6.07) is 20.4. The Morgan fingerprint density at radius 2 is 1.38 bits per heavy atom. The van der Waals surface area contributed by atoms with E-state index in [1.807, 2.05) is 55.1 Å². The molecule has 1 saturated heterocycles. The highest BCUT2D eigenvalue weighted by molar-refractivity contribution is 5.77. The number of hydrogen-bond acceptors (Lipinski definition) is 3. The largest absolute Gasteiger partial charge is 0.367 e. The van der Waals surface area contributed by atoms with Crippen molar-refractivity contribution in [3.8, 4) is 0 Å². The molecule has 0 aromatic heterocycles. The van der Waals surface area contributed by atoms with Crippen molar-refractivity contribution in [1.29, 1.82) is 0 Å². The molecule has 0 bridgehead atoms. The maximum atomic E-state index is 12.2. The number of hydrogen-bond donors (Lipinski definition) is 0. The summed E-state index contributed by atoms with van der Waals surface area (Å²) in [5.74, 6) is 0.0882. The van der Waals surface area contributed by atoms with E-state index >= 15 is 0 Å². The van der Waals surface area contributed by atoms with Crippen molar-refractivity contribution in [1.82, 2.24) is 9.80 Å². The van der Waals surface area contributed by atoms with Gasteiger partial charge in [0, 0.05) is 32.7 Å². The Morgan fingerprint density at radius 3 is 1.96 bits per heavy atom. The van der Waals surface area contributed by atoms with Crippen molar-refractivity contribution in [3.05, 3.63) is 71.8 Å². The molecule has 140 valence electrons. The fourth-order valence-electron chi connectivity index (χ4n) is 2.92. The van der Waals surface area contributed by atoms with Crippen molar-refractivity contribution in [2.24, 2.45) is 0 Å². The van der Waals surface area contributed by atoms with Crippen LogP contribution >= 0.6 is 0 Å². The average molecular weight is 354 g/mol. The molecule has 4 heteroatoms. The minimum atomic E-state index is 0.0882. The zero-order chi connectivity index (χ0) is 18.6. The number of ether oxygens (including phenoxy) is 1. The summed E-state index contributed by atoms with van der Waals surface area (Å²) in [6.45, 7) is 8.99. The van der Waals surface area contributed by atoms with E-state index in [0.717, 1.165) is 38.3 Å². The molecule has 26 heavy (non-hydrogen) atoms. The van der Waals surface area contributed by atoms with Gasteiger partial charge in [-0.05, 0) is 11.1 Å². The van der Waals surface area contributed by atoms with Crippen LogP contribution in [-0.2, 0) is 22.7 Å². The van der Waals surface area contributed by atoms with Gasteiger partial charge in [0.05, 0.1) is 6.61 Å². The molecule has 2 aromatic carbocycles. The van der Waals surface area contributed by atoms with Crippen molar-refractivity contribution < 1.29 is 9.53 Å². The van der Waals surface area contributed by atoms with Crippen LogP contribution < -0.4 is 0 Å². The zero-order valence-electron chi connectivity index (χ0n) is 15.9. The highest BCUT2D eigenvalue weighted by Gasteiger charge is 2.20. The summed E-state index contributed by atoms with van der Waals surface area (Å²) in [6.07, 6.45) is 0. The van der Waals surface area contributed by atoms with Gasteiger partial charge in [0.15, 0.2) is 0 Å². The lowest BCUT2D eigenvalue weighted by Crippen LogP contribution is -2.49. The summed E-state index contributed by atoms with van der Waals surface area (Å²) >= 11 is 0. The van der Waals surface area contributed by atoms with Crippen LogP contribution in [0, 0.1) is 0 Å². The van der Waals surface area contributed by atoms with E-state index in [4.69, 9.17) is 4.74 Å². The predicted octanol–water partition coefficient (Wildman–Crippen LogP) is 3.57. The van der Waals surface area contributed by atoms with Gasteiger partial charge in [-0.15, -0.1) is 0 Å². The van der Waals surface area contributed by atoms with Gasteiger partial charge in [0.2, 0.25) is 5.91 Å². The second kappa shape index (κ2) is 11.4. The highest BCUT2D eigenvalue weighted by atomic mass is 16.5. The van der Waals surface area contributed by atoms with Crippen LogP contribution in [0.25, 0.3) is 0 Å². The Kier molecular flexibility index (Phi) is 8.87. The fourth-order valence-corrected chi connectivity index (χ4v) is 2.92. The molecule has 0 unspecified atom stereocenters. The van der Waals surface area contributed by atoms with E-state index in [0.29, 0.717) is 6.61 Å². The summed E-state index contributed by atoms with van der Waals surface area (Å²) in [4.78, 5) is 16.5. The molecule has 0 aliphatic carbocycles. The average Bonchev–Trinajstić information content (AvgIpc) is 2.71. The number of carbonyl (C=O) groups is 1. The minimum absolute atomic E-state index is 0.0882. The monoisotopic (exact) mass is 354 g/mol. The van der Waals surface area contributed by atoms with E-state index in [2.05, 4.69) is 29.2 Å². The zero-order valence-corrected chi connectivity index (χ0v) is 15.9. The normalized spacial score (nSPS) is 14.5. The van der Waals surface area contributed by atoms with Crippen LogP contribution in [-0.4, -0.2) is 48.5 Å². The van der Waals surface area contributed by atoms with Crippen molar-refractivity contribution >= 4 is 5.91 Å². The SMILES string of the molecule is CC.O=C(COCc1ccccc1)N1CCN(Cc2ccccc2)CC1. The van der Waals surface area contributed by atoms with Crippen LogP contribution in [0.15, 0.2) is 60.7 Å². The van der Waals surface area contributed by atoms with Crippen LogP contribution in [0.1, 0.15) is 25.0 Å². The molecule has 1 heterocycles. The number of nitrogens with zero attached hydrogens (tertiary/aromatic N) is 2. The maximum absolute atomic E-state index is 12.2. The molecule has 0 spiro atoms. The Bertz CT molecular complexity index is 623. The first-order chi connectivity index (χ1) is 12.8. The van der Waals surface area contributed by atoms with E-state index in [1.54, 1.807) is 0 Å². The summed E-state index contributed by atoms with van der Waals surface area (Å²) < 4.78 is 5.55. The fraction of sp³-hybridized carbons (Fsp3) is 0.409. The Balaban J connectivity index is 0.00000117. The third-order valence-electron chi connectivity index (χ3n) is 4.31. The lowest BCUT2D eigenvalue weighted by molar-refractivity contribution is -0.138. The molecule has 0 atom stereocenters. The molecular formula is C22H30N2O2. The smallest absolute Gasteiger partial charge is 0.248 e. The molecule has 1 aliphatic heterocycles. The summed E-state index contributed by atoms with van der Waals surface area (Å²) in [5, 5.41) is 0. The first-order valence-electron chi connectivity index (χ1n) is 9.47. The van der Waals surface area contributed by atoms with Crippen LogP contribution in [0.4, 0.5) is 0 Å². The summed E-state index contributed by atoms with van der Waals surface area (Å²) in [7, 11) is 0. The molecule has 3 rings (SSSR count). The quantitative estimate of drug-likeness (QED) is 0.795. The van der Waals surface area contributed by atoms with Gasteiger partial charge in [-0.1, -0.05) is 74.5 Å². The number of piperazine rings is 1. The van der Waals surface area contributed by atoms with E-state index < -0.39 is 0 Å². The van der Waals surface area contributed by atoms with E-state index in [-0.39, 0.29) is 12.5 Å². The van der Waals surface area contributed by atoms with E-state index in [9.17, 15) is 4.79 Å². The molecule has 0 radical (unpaired) electrons. The third kappa shape index (κ3) is 6.62. The summed E-state index contributed by atoms with van der Waals surface area (Å²) in [5.41, 5.74) is 2.42. The molecule has 0 N–H and O–H groups in total. The van der Waals surface area contributed by atoms with Crippen molar-refractivity contribution in [2.75, 3.05) is 32.8 Å². The standard InChI is InChI=1S/C20H24N2O2.C2H6/c23-20(17-24-16-19-9-5-2-6-10-19)22-13-11-21(12-14-22)15-18-7-3-1-4-8-18;1-2/h1-10H,11-17H2;1-2H3. The van der Waals surface area contributed by atoms with Crippen LogP contribution in [0.5, 0.6) is 0 Å². The number of rotatable bonds is 6. The molecular weight excluding hydrogens is 324 g/mol. The van der Waals surface area contributed by atoms with Gasteiger partial charge < -0.3 is 9.64 Å². The van der Waals surface area contributed by atoms with E-state index in [1.165, 1.54) is 5.56 Å². The first kappa shape index (κ1) is 20.1. The highest BCUT2D eigenvalue weighted by Crippen LogP contribution is 2.09. The molecule has 4 nitrogen and oxygen atoms in total. The Hall–Kier alpha value is -2.17. The second-order valence-corrected chi connectivity index (χ2v) is 6.12. The van der Waals surface area contributed by atoms with Crippen molar-refractivity contribution in [3.63, 3.8) is 0 Å². The minimum Gasteiger partial charge on any atom is -0.367 e. The number of benzene rings is 2. The van der Waals surface area contributed by atoms with Gasteiger partial charge in [-0.3, -0.25) is 9.69 Å². The third-order valence-corrected chi connectivity index (χ3v) is 4.31. The maximum Gasteiger partial charge on any atom is 0.248 e. The van der Waals surface area contributed by atoms with Crippen LogP contribution in [0.2, 0.25) is 0 Å². The van der Waals surface area contributed by atoms with Crippen molar-refractivity contribution in [2.45, 2.75) is 27.0 Å². The van der Waals surface area contributed by atoms with Gasteiger partial charge >= 0.3 is 0 Å². The molecule has 2 aromatic rings. The van der Waals surface area contributed by atoms with Crippen LogP contribution in [0.3, 0.4) is 0 Å². The number of carbonyl (C=O) groups excluding carboxylic acids is 1. The topological polar surface area (TPSA) is 32.8 Å². The predicted molar refractivity (Wildman–Crippen MR) is 106 cm³/mol. The Morgan fingerprint density at radius 1 is 0.846 bits per heavy atom. The number of amides is 1. The molecule has 1 amide bonds. The molecule has 1 fully saturated rings. The lowest BCUT2D eigenvalue weighted by Gasteiger charge is -2.34. The van der Waals surface area contributed by atoms with Gasteiger partial charge in [-0.25, -0.2) is 0 Å². The second-order valence-electron chi connectivity index (χ2n) is 6.12. The van der Waals surface area contributed by atoms with Gasteiger partial charge in [0.25, 0.3) is 0 Å². The van der Waals surface area contributed by atoms with Gasteiger partial charge in [-0.2, -0.15) is 0 Å². The lowest BCUT2D eigenvalue weighted by atomic mass is 10.2. The van der Waals surface area contributed by atoms with Gasteiger partial charge in [0.1, 0.15) is 6.61 Å².